The standard InChI is InChI=1S/C22H31N3O2/c1-17-6-8-18(9-7-17)15-25-16-19(14-21(25)26)22(27)24-12-10-23(11-13-24)20-4-2-3-5-20/h6-9,19-20H,2-5,10-16H2,1H3. The largest absolute Gasteiger partial charge is 0.340 e. The van der Waals surface area contributed by atoms with Gasteiger partial charge < -0.3 is 9.80 Å². The van der Waals surface area contributed by atoms with E-state index in [1.165, 1.54) is 31.2 Å². The maximum atomic E-state index is 12.9. The number of hydrogen-bond donors (Lipinski definition) is 0. The molecule has 1 atom stereocenters. The Bertz CT molecular complexity index is 673. The molecule has 0 aromatic heterocycles. The Morgan fingerprint density at radius 3 is 2.37 bits per heavy atom. The fourth-order valence-electron chi connectivity index (χ4n) is 4.84. The van der Waals surface area contributed by atoms with Crippen LogP contribution in [0.5, 0.6) is 0 Å². The van der Waals surface area contributed by atoms with E-state index in [0.29, 0.717) is 19.5 Å². The third-order valence-electron chi connectivity index (χ3n) is 6.52. The Morgan fingerprint density at radius 2 is 1.70 bits per heavy atom. The highest BCUT2D eigenvalue weighted by molar-refractivity contribution is 5.89. The maximum absolute atomic E-state index is 12.9. The van der Waals surface area contributed by atoms with Crippen LogP contribution < -0.4 is 0 Å². The van der Waals surface area contributed by atoms with E-state index in [1.807, 2.05) is 9.80 Å². The fourth-order valence-corrected chi connectivity index (χ4v) is 4.84. The molecule has 1 saturated carbocycles. The molecule has 146 valence electrons. The summed E-state index contributed by atoms with van der Waals surface area (Å²) in [6.45, 7) is 6.85. The minimum atomic E-state index is -0.166. The van der Waals surface area contributed by atoms with Crippen molar-refractivity contribution >= 4 is 11.8 Å². The number of carbonyl (C=O) groups excluding carboxylic acids is 2. The summed E-state index contributed by atoms with van der Waals surface area (Å²) in [5, 5.41) is 0. The molecule has 1 aromatic carbocycles. The summed E-state index contributed by atoms with van der Waals surface area (Å²) in [6.07, 6.45) is 5.71. The Balaban J connectivity index is 1.29. The number of likely N-dealkylation sites (tertiary alicyclic amines) is 1. The predicted molar refractivity (Wildman–Crippen MR) is 105 cm³/mol. The van der Waals surface area contributed by atoms with Crippen LogP contribution in [0.25, 0.3) is 0 Å². The lowest BCUT2D eigenvalue weighted by Crippen LogP contribution is -2.52. The van der Waals surface area contributed by atoms with Gasteiger partial charge in [-0.05, 0) is 25.3 Å². The van der Waals surface area contributed by atoms with Crippen molar-refractivity contribution in [1.29, 1.82) is 0 Å². The zero-order chi connectivity index (χ0) is 18.8. The molecule has 2 amide bonds. The third kappa shape index (κ3) is 4.18. The van der Waals surface area contributed by atoms with E-state index < -0.39 is 0 Å². The zero-order valence-electron chi connectivity index (χ0n) is 16.4. The first kappa shape index (κ1) is 18.5. The van der Waals surface area contributed by atoms with E-state index in [9.17, 15) is 9.59 Å². The first-order valence-corrected chi connectivity index (χ1v) is 10.5. The Hall–Kier alpha value is -1.88. The van der Waals surface area contributed by atoms with E-state index in [2.05, 4.69) is 36.1 Å². The second kappa shape index (κ2) is 8.01. The van der Waals surface area contributed by atoms with Crippen LogP contribution in [-0.2, 0) is 16.1 Å². The van der Waals surface area contributed by atoms with E-state index in [-0.39, 0.29) is 17.7 Å². The molecule has 0 bridgehead atoms. The number of rotatable bonds is 4. The maximum Gasteiger partial charge on any atom is 0.228 e. The van der Waals surface area contributed by atoms with Gasteiger partial charge in [-0.25, -0.2) is 0 Å². The highest BCUT2D eigenvalue weighted by atomic mass is 16.2. The molecule has 2 saturated heterocycles. The van der Waals surface area contributed by atoms with Crippen LogP contribution in [0, 0.1) is 12.8 Å². The molecule has 1 aliphatic carbocycles. The molecule has 0 spiro atoms. The van der Waals surface area contributed by atoms with Gasteiger partial charge >= 0.3 is 0 Å². The van der Waals surface area contributed by atoms with Gasteiger partial charge in [0, 0.05) is 51.7 Å². The van der Waals surface area contributed by atoms with E-state index in [0.717, 1.165) is 37.8 Å². The van der Waals surface area contributed by atoms with Crippen molar-refractivity contribution in [1.82, 2.24) is 14.7 Å². The molecule has 0 radical (unpaired) electrons. The van der Waals surface area contributed by atoms with E-state index in [1.54, 1.807) is 0 Å². The molecule has 4 rings (SSSR count). The molecule has 2 heterocycles. The van der Waals surface area contributed by atoms with E-state index >= 15 is 0 Å². The highest BCUT2D eigenvalue weighted by Crippen LogP contribution is 2.26. The molecule has 2 aliphatic heterocycles. The van der Waals surface area contributed by atoms with Crippen LogP contribution in [0.1, 0.15) is 43.2 Å². The van der Waals surface area contributed by atoms with Gasteiger partial charge in [-0.2, -0.15) is 0 Å². The quantitative estimate of drug-likeness (QED) is 0.819. The lowest BCUT2D eigenvalue weighted by atomic mass is 10.1. The number of benzene rings is 1. The van der Waals surface area contributed by atoms with Gasteiger partial charge in [0.2, 0.25) is 11.8 Å². The van der Waals surface area contributed by atoms with Gasteiger partial charge in [0.15, 0.2) is 0 Å². The average molecular weight is 370 g/mol. The number of nitrogens with zero attached hydrogens (tertiary/aromatic N) is 3. The number of piperazine rings is 1. The molecular formula is C22H31N3O2. The van der Waals surface area contributed by atoms with Crippen LogP contribution in [0.2, 0.25) is 0 Å². The summed E-state index contributed by atoms with van der Waals surface area (Å²) in [6, 6.07) is 9.02. The normalized spacial score (nSPS) is 24.8. The summed E-state index contributed by atoms with van der Waals surface area (Å²) in [7, 11) is 0. The summed E-state index contributed by atoms with van der Waals surface area (Å²) >= 11 is 0. The SMILES string of the molecule is Cc1ccc(CN2CC(C(=O)N3CCN(C4CCCC4)CC3)CC2=O)cc1. The monoisotopic (exact) mass is 369 g/mol. The minimum Gasteiger partial charge on any atom is -0.340 e. The van der Waals surface area contributed by atoms with Gasteiger partial charge in [-0.15, -0.1) is 0 Å². The van der Waals surface area contributed by atoms with Crippen molar-refractivity contribution < 1.29 is 9.59 Å². The molecule has 0 N–H and O–H groups in total. The van der Waals surface area contributed by atoms with Crippen LogP contribution >= 0.6 is 0 Å². The lowest BCUT2D eigenvalue weighted by Gasteiger charge is -2.38. The summed E-state index contributed by atoms with van der Waals surface area (Å²) in [4.78, 5) is 31.8. The van der Waals surface area contributed by atoms with Crippen molar-refractivity contribution in [3.8, 4) is 0 Å². The van der Waals surface area contributed by atoms with Gasteiger partial charge in [-0.3, -0.25) is 14.5 Å². The summed E-state index contributed by atoms with van der Waals surface area (Å²) in [5.74, 6) is 0.125. The molecular weight excluding hydrogens is 338 g/mol. The second-order valence-corrected chi connectivity index (χ2v) is 8.46. The van der Waals surface area contributed by atoms with Crippen LogP contribution in [0.4, 0.5) is 0 Å². The summed E-state index contributed by atoms with van der Waals surface area (Å²) in [5.41, 5.74) is 2.35. The third-order valence-corrected chi connectivity index (χ3v) is 6.52. The summed E-state index contributed by atoms with van der Waals surface area (Å²) < 4.78 is 0. The molecule has 5 heteroatoms. The first-order valence-electron chi connectivity index (χ1n) is 10.5. The van der Waals surface area contributed by atoms with Crippen molar-refractivity contribution in [2.24, 2.45) is 5.92 Å². The zero-order valence-corrected chi connectivity index (χ0v) is 16.4. The first-order chi connectivity index (χ1) is 13.1. The average Bonchev–Trinajstić information content (AvgIpc) is 3.34. The number of carbonyl (C=O) groups is 2. The molecule has 27 heavy (non-hydrogen) atoms. The van der Waals surface area contributed by atoms with Crippen molar-refractivity contribution in [2.75, 3.05) is 32.7 Å². The Labute approximate surface area is 162 Å². The van der Waals surface area contributed by atoms with Gasteiger partial charge in [-0.1, -0.05) is 42.7 Å². The molecule has 3 aliphatic rings. The van der Waals surface area contributed by atoms with Gasteiger partial charge in [0.25, 0.3) is 0 Å². The molecule has 1 unspecified atom stereocenters. The van der Waals surface area contributed by atoms with Crippen molar-refractivity contribution in [2.45, 2.75) is 51.6 Å². The number of amides is 2. The Kier molecular flexibility index (Phi) is 5.48. The van der Waals surface area contributed by atoms with Crippen molar-refractivity contribution in [3.63, 3.8) is 0 Å². The molecule has 3 fully saturated rings. The van der Waals surface area contributed by atoms with Crippen LogP contribution in [0.15, 0.2) is 24.3 Å². The van der Waals surface area contributed by atoms with Gasteiger partial charge in [0.1, 0.15) is 0 Å². The minimum absolute atomic E-state index is 0.110. The van der Waals surface area contributed by atoms with Gasteiger partial charge in [0.05, 0.1) is 5.92 Å². The Morgan fingerprint density at radius 1 is 1.04 bits per heavy atom. The van der Waals surface area contributed by atoms with Crippen LogP contribution in [-0.4, -0.2) is 65.3 Å². The van der Waals surface area contributed by atoms with E-state index in [4.69, 9.17) is 0 Å². The fraction of sp³-hybridized carbons (Fsp3) is 0.636. The number of hydrogen-bond acceptors (Lipinski definition) is 3. The lowest BCUT2D eigenvalue weighted by molar-refractivity contribution is -0.137. The number of aryl methyl sites for hydroxylation is 1. The second-order valence-electron chi connectivity index (χ2n) is 8.46. The molecule has 5 nitrogen and oxygen atoms in total. The topological polar surface area (TPSA) is 43.9 Å². The molecule has 1 aromatic rings. The predicted octanol–water partition coefficient (Wildman–Crippen LogP) is 2.43. The highest BCUT2D eigenvalue weighted by Gasteiger charge is 2.37. The van der Waals surface area contributed by atoms with Crippen LogP contribution in [0.3, 0.4) is 0 Å². The van der Waals surface area contributed by atoms with Crippen molar-refractivity contribution in [3.05, 3.63) is 35.4 Å². The smallest absolute Gasteiger partial charge is 0.228 e.